The summed E-state index contributed by atoms with van der Waals surface area (Å²) in [5, 5.41) is 11.3. The summed E-state index contributed by atoms with van der Waals surface area (Å²) in [5.41, 5.74) is 2.36. The van der Waals surface area contributed by atoms with Crippen LogP contribution in [0, 0.1) is 11.3 Å². The van der Waals surface area contributed by atoms with Crippen LogP contribution in [-0.2, 0) is 16.1 Å². The van der Waals surface area contributed by atoms with Crippen LogP contribution in [-0.4, -0.2) is 30.4 Å². The molecule has 0 fully saturated rings. The van der Waals surface area contributed by atoms with Crippen LogP contribution in [0.4, 0.5) is 5.69 Å². The maximum absolute atomic E-state index is 12.2. The van der Waals surface area contributed by atoms with E-state index in [1.165, 1.54) is 13.0 Å². The Hall–Kier alpha value is -3.59. The van der Waals surface area contributed by atoms with Crippen LogP contribution in [0.3, 0.4) is 0 Å². The Morgan fingerprint density at radius 3 is 2.56 bits per heavy atom. The molecule has 2 rings (SSSR count). The van der Waals surface area contributed by atoms with Gasteiger partial charge in [0, 0.05) is 32.3 Å². The van der Waals surface area contributed by atoms with Crippen LogP contribution >= 0.6 is 0 Å². The van der Waals surface area contributed by atoms with E-state index in [0.717, 1.165) is 11.1 Å². The van der Waals surface area contributed by atoms with E-state index in [0.29, 0.717) is 18.0 Å². The lowest BCUT2D eigenvalue weighted by molar-refractivity contribution is -0.128. The molecule has 1 N–H and O–H groups in total. The normalized spacial score (nSPS) is 10.3. The highest BCUT2D eigenvalue weighted by atomic mass is 16.5. The van der Waals surface area contributed by atoms with Gasteiger partial charge in [-0.05, 0) is 35.4 Å². The third-order valence-corrected chi connectivity index (χ3v) is 3.83. The number of anilines is 1. The molecule has 0 aliphatic heterocycles. The number of carbonyl (C=O) groups excluding carboxylic acids is 2. The van der Waals surface area contributed by atoms with E-state index in [2.05, 4.69) is 5.32 Å². The summed E-state index contributed by atoms with van der Waals surface area (Å²) in [6.07, 6.45) is 3.13. The Bertz CT molecular complexity index is 867. The largest absolute Gasteiger partial charge is 0.479 e. The number of benzene rings is 2. The molecule has 6 heteroatoms. The molecule has 0 heterocycles. The molecular weight excluding hydrogens is 342 g/mol. The van der Waals surface area contributed by atoms with Gasteiger partial charge in [-0.1, -0.05) is 30.3 Å². The van der Waals surface area contributed by atoms with Crippen molar-refractivity contribution in [2.24, 2.45) is 0 Å². The van der Waals surface area contributed by atoms with Gasteiger partial charge in [-0.2, -0.15) is 5.26 Å². The summed E-state index contributed by atoms with van der Waals surface area (Å²) in [6.45, 7) is 1.91. The zero-order chi connectivity index (χ0) is 19.6. The molecule has 2 amide bonds. The minimum absolute atomic E-state index is 0.00415. The summed E-state index contributed by atoms with van der Waals surface area (Å²) in [7, 11) is 1.71. The van der Waals surface area contributed by atoms with Gasteiger partial charge in [-0.3, -0.25) is 9.59 Å². The van der Waals surface area contributed by atoms with Gasteiger partial charge in [-0.15, -0.1) is 0 Å². The van der Waals surface area contributed by atoms with Crippen molar-refractivity contribution in [1.29, 1.82) is 5.26 Å². The van der Waals surface area contributed by atoms with Gasteiger partial charge in [-0.25, -0.2) is 0 Å². The first-order chi connectivity index (χ1) is 13.0. The van der Waals surface area contributed by atoms with Gasteiger partial charge in [0.1, 0.15) is 11.8 Å². The van der Waals surface area contributed by atoms with Crippen molar-refractivity contribution in [3.63, 3.8) is 0 Å². The average Bonchev–Trinajstić information content (AvgIpc) is 2.67. The van der Waals surface area contributed by atoms with Gasteiger partial charge in [0.15, 0.2) is 6.61 Å². The van der Waals surface area contributed by atoms with E-state index < -0.39 is 0 Å². The van der Waals surface area contributed by atoms with Crippen molar-refractivity contribution in [3.05, 3.63) is 65.7 Å². The van der Waals surface area contributed by atoms with E-state index in [4.69, 9.17) is 10.00 Å². The van der Waals surface area contributed by atoms with Gasteiger partial charge < -0.3 is 15.0 Å². The van der Waals surface area contributed by atoms with E-state index in [1.54, 1.807) is 48.4 Å². The molecule has 0 aliphatic rings. The highest BCUT2D eigenvalue weighted by molar-refractivity contribution is 6.02. The van der Waals surface area contributed by atoms with E-state index in [9.17, 15) is 9.59 Å². The summed E-state index contributed by atoms with van der Waals surface area (Å²) in [6, 6.07) is 16.3. The first-order valence-corrected chi connectivity index (χ1v) is 8.38. The van der Waals surface area contributed by atoms with Gasteiger partial charge in [0.05, 0.1) is 0 Å². The minimum Gasteiger partial charge on any atom is -0.479 e. The Kier molecular flexibility index (Phi) is 7.15. The molecule has 0 bridgehead atoms. The van der Waals surface area contributed by atoms with Crippen LogP contribution in [0.15, 0.2) is 54.6 Å². The second-order valence-corrected chi connectivity index (χ2v) is 5.87. The van der Waals surface area contributed by atoms with Crippen molar-refractivity contribution >= 4 is 23.6 Å². The first kappa shape index (κ1) is 19.7. The van der Waals surface area contributed by atoms with E-state index in [-0.39, 0.29) is 18.4 Å². The zero-order valence-electron chi connectivity index (χ0n) is 15.3. The number of ether oxygens (including phenoxy) is 1. The predicted octanol–water partition coefficient (Wildman–Crippen LogP) is 3.22. The second kappa shape index (κ2) is 9.78. The van der Waals surface area contributed by atoms with Crippen molar-refractivity contribution in [3.8, 4) is 11.8 Å². The molecule has 0 atom stereocenters. The van der Waals surface area contributed by atoms with Gasteiger partial charge in [0.25, 0.3) is 0 Å². The number of nitriles is 1. The summed E-state index contributed by atoms with van der Waals surface area (Å²) in [5.74, 6) is 0.289. The molecule has 2 aromatic carbocycles. The summed E-state index contributed by atoms with van der Waals surface area (Å²) < 4.78 is 5.18. The van der Waals surface area contributed by atoms with Gasteiger partial charge >= 0.3 is 0 Å². The number of rotatable bonds is 7. The summed E-state index contributed by atoms with van der Waals surface area (Å²) >= 11 is 0. The molecule has 0 aliphatic carbocycles. The van der Waals surface area contributed by atoms with Crippen molar-refractivity contribution < 1.29 is 14.3 Å². The van der Waals surface area contributed by atoms with Crippen LogP contribution < -0.4 is 10.1 Å². The molecule has 138 valence electrons. The number of amides is 2. The predicted molar refractivity (Wildman–Crippen MR) is 104 cm³/mol. The Labute approximate surface area is 158 Å². The molecule has 27 heavy (non-hydrogen) atoms. The lowest BCUT2D eigenvalue weighted by Crippen LogP contribution is -2.24. The van der Waals surface area contributed by atoms with Crippen LogP contribution in [0.25, 0.3) is 6.08 Å². The smallest absolute Gasteiger partial charge is 0.248 e. The Morgan fingerprint density at radius 1 is 1.19 bits per heavy atom. The lowest BCUT2D eigenvalue weighted by atomic mass is 10.1. The molecule has 0 saturated heterocycles. The first-order valence-electron chi connectivity index (χ1n) is 8.38. The van der Waals surface area contributed by atoms with Crippen LogP contribution in [0.5, 0.6) is 5.75 Å². The maximum Gasteiger partial charge on any atom is 0.248 e. The second-order valence-electron chi connectivity index (χ2n) is 5.87. The Morgan fingerprint density at radius 2 is 1.89 bits per heavy atom. The molecule has 0 radical (unpaired) electrons. The van der Waals surface area contributed by atoms with Crippen molar-refractivity contribution in [1.82, 2.24) is 4.90 Å². The van der Waals surface area contributed by atoms with Crippen LogP contribution in [0.1, 0.15) is 18.1 Å². The fourth-order valence-electron chi connectivity index (χ4n) is 2.28. The molecule has 6 nitrogen and oxygen atoms in total. The fraction of sp³-hybridized carbons (Fsp3) is 0.190. The van der Waals surface area contributed by atoms with Crippen molar-refractivity contribution in [2.45, 2.75) is 13.5 Å². The van der Waals surface area contributed by atoms with Gasteiger partial charge in [0.2, 0.25) is 11.8 Å². The summed E-state index contributed by atoms with van der Waals surface area (Å²) in [4.78, 5) is 25.2. The highest BCUT2D eigenvalue weighted by Gasteiger charge is 2.08. The lowest BCUT2D eigenvalue weighted by Gasteiger charge is -2.17. The molecule has 0 unspecified atom stereocenters. The number of para-hydroxylation sites is 1. The molecule has 0 aromatic heterocycles. The zero-order valence-corrected chi connectivity index (χ0v) is 15.3. The molecule has 0 spiro atoms. The fourth-order valence-corrected chi connectivity index (χ4v) is 2.28. The molecular formula is C21H21N3O3. The molecule has 2 aromatic rings. The number of hydrogen-bond acceptors (Lipinski definition) is 4. The molecule has 0 saturated carbocycles. The Balaban J connectivity index is 2.00. The SMILES string of the molecule is CC(=O)N(C)Cc1ccccc1NC(=O)/C=C/c1ccc(OCC#N)cc1. The highest BCUT2D eigenvalue weighted by Crippen LogP contribution is 2.17. The number of hydrogen-bond donors (Lipinski definition) is 1. The van der Waals surface area contributed by atoms with E-state index >= 15 is 0 Å². The third kappa shape index (κ3) is 6.33. The third-order valence-electron chi connectivity index (χ3n) is 3.83. The maximum atomic E-state index is 12.2. The number of nitrogens with zero attached hydrogens (tertiary/aromatic N) is 2. The van der Waals surface area contributed by atoms with Crippen LogP contribution in [0.2, 0.25) is 0 Å². The standard InChI is InChI=1S/C21H21N3O3/c1-16(25)24(2)15-18-5-3-4-6-20(18)23-21(26)12-9-17-7-10-19(11-8-17)27-14-13-22/h3-12H,14-15H2,1-2H3,(H,23,26)/b12-9+. The minimum atomic E-state index is -0.266. The number of nitrogens with one attached hydrogen (secondary N) is 1. The topological polar surface area (TPSA) is 82.4 Å². The number of carbonyl (C=O) groups is 2. The quantitative estimate of drug-likeness (QED) is 0.766. The average molecular weight is 363 g/mol. The monoisotopic (exact) mass is 363 g/mol. The van der Waals surface area contributed by atoms with Crippen molar-refractivity contribution in [2.75, 3.05) is 19.0 Å². The van der Waals surface area contributed by atoms with E-state index in [1.807, 2.05) is 24.3 Å².